The molecule has 3 rings (SSSR count). The summed E-state index contributed by atoms with van der Waals surface area (Å²) in [7, 11) is -3.63. The Hall–Kier alpha value is -2.30. The van der Waals surface area contributed by atoms with Gasteiger partial charge < -0.3 is 10.1 Å². The Morgan fingerprint density at radius 3 is 2.61 bits per heavy atom. The molecule has 1 unspecified atom stereocenters. The number of carbonyl (C=O) groups excluding carboxylic acids is 1. The van der Waals surface area contributed by atoms with E-state index in [0.29, 0.717) is 22.9 Å². The van der Waals surface area contributed by atoms with Gasteiger partial charge in [-0.25, -0.2) is 13.1 Å². The van der Waals surface area contributed by atoms with Crippen LogP contribution in [-0.4, -0.2) is 38.7 Å². The first kappa shape index (κ1) is 23.4. The Bertz CT molecular complexity index is 1070. The van der Waals surface area contributed by atoms with E-state index in [1.54, 1.807) is 36.4 Å². The normalized spacial score (nSPS) is 16.4. The highest BCUT2D eigenvalue weighted by Crippen LogP contribution is 2.17. The van der Waals surface area contributed by atoms with E-state index in [2.05, 4.69) is 15.4 Å². The van der Waals surface area contributed by atoms with Gasteiger partial charge in [0.25, 0.3) is 0 Å². The van der Waals surface area contributed by atoms with E-state index in [4.69, 9.17) is 28.6 Å². The lowest BCUT2D eigenvalue weighted by atomic mass is 10.2. The van der Waals surface area contributed by atoms with Crippen molar-refractivity contribution in [2.24, 2.45) is 0 Å². The van der Waals surface area contributed by atoms with Crippen LogP contribution < -0.4 is 15.4 Å². The number of sulfonamides is 1. The molecule has 0 saturated carbocycles. The molecule has 2 aromatic carbocycles. The van der Waals surface area contributed by atoms with Gasteiger partial charge in [0.15, 0.2) is 5.11 Å². The molecule has 0 aromatic heterocycles. The van der Waals surface area contributed by atoms with Crippen molar-refractivity contribution in [3.63, 3.8) is 0 Å². The predicted octanol–water partition coefficient (Wildman–Crippen LogP) is 3.32. The third-order valence-electron chi connectivity index (χ3n) is 4.50. The number of amides is 1. The number of ether oxygens (including phenoxy) is 1. The minimum Gasteiger partial charge on any atom is -0.377 e. The number of hydrogen-bond acceptors (Lipinski definition) is 5. The zero-order valence-electron chi connectivity index (χ0n) is 16.5. The predicted molar refractivity (Wildman–Crippen MR) is 125 cm³/mol. The van der Waals surface area contributed by atoms with Gasteiger partial charge in [0.1, 0.15) is 0 Å². The summed E-state index contributed by atoms with van der Waals surface area (Å²) < 4.78 is 32.8. The molecule has 10 heteroatoms. The van der Waals surface area contributed by atoms with Crippen LogP contribution in [0.15, 0.2) is 59.5 Å². The number of hydrogen-bond donors (Lipinski definition) is 3. The summed E-state index contributed by atoms with van der Waals surface area (Å²) in [6.07, 6.45) is 4.62. The SMILES string of the molecule is O=C(/C=C/c1ccccc1Cl)NC(=S)Nc1ccc(S(=O)(=O)NCC2CCCO2)cc1. The van der Waals surface area contributed by atoms with Crippen molar-refractivity contribution in [1.29, 1.82) is 0 Å². The van der Waals surface area contributed by atoms with Crippen LogP contribution in [0.1, 0.15) is 18.4 Å². The quantitative estimate of drug-likeness (QED) is 0.416. The Morgan fingerprint density at radius 2 is 1.94 bits per heavy atom. The molecule has 31 heavy (non-hydrogen) atoms. The first-order valence-electron chi connectivity index (χ1n) is 9.59. The van der Waals surface area contributed by atoms with Crippen molar-refractivity contribution >= 4 is 56.6 Å². The molecule has 1 saturated heterocycles. The molecule has 0 aliphatic carbocycles. The van der Waals surface area contributed by atoms with Crippen LogP contribution in [0.4, 0.5) is 5.69 Å². The highest BCUT2D eigenvalue weighted by atomic mass is 35.5. The molecule has 1 amide bonds. The minimum atomic E-state index is -3.63. The van der Waals surface area contributed by atoms with Gasteiger partial charge in [0, 0.05) is 29.9 Å². The van der Waals surface area contributed by atoms with Gasteiger partial charge in [0.2, 0.25) is 15.9 Å². The summed E-state index contributed by atoms with van der Waals surface area (Å²) in [5.74, 6) is -0.421. The van der Waals surface area contributed by atoms with E-state index in [9.17, 15) is 13.2 Å². The second kappa shape index (κ2) is 10.8. The Kier molecular flexibility index (Phi) is 8.16. The summed E-state index contributed by atoms with van der Waals surface area (Å²) in [6.45, 7) is 0.916. The molecule has 164 valence electrons. The van der Waals surface area contributed by atoms with Crippen LogP contribution in [-0.2, 0) is 19.6 Å². The second-order valence-electron chi connectivity index (χ2n) is 6.81. The molecule has 1 aliphatic heterocycles. The second-order valence-corrected chi connectivity index (χ2v) is 9.39. The Labute approximate surface area is 191 Å². The first-order valence-corrected chi connectivity index (χ1v) is 11.9. The molecule has 1 atom stereocenters. The largest absolute Gasteiger partial charge is 0.377 e. The van der Waals surface area contributed by atoms with Crippen molar-refractivity contribution in [2.75, 3.05) is 18.5 Å². The fraction of sp³-hybridized carbons (Fsp3) is 0.238. The molecule has 2 aromatic rings. The van der Waals surface area contributed by atoms with Gasteiger partial charge in [0.05, 0.1) is 11.0 Å². The number of carbonyl (C=O) groups is 1. The molecule has 1 heterocycles. The third-order valence-corrected chi connectivity index (χ3v) is 6.49. The van der Waals surface area contributed by atoms with Crippen molar-refractivity contribution in [2.45, 2.75) is 23.8 Å². The number of benzene rings is 2. The topological polar surface area (TPSA) is 96.5 Å². The van der Waals surface area contributed by atoms with Crippen molar-refractivity contribution in [1.82, 2.24) is 10.0 Å². The Balaban J connectivity index is 1.51. The van der Waals surface area contributed by atoms with Crippen molar-refractivity contribution in [3.05, 3.63) is 65.2 Å². The molecule has 1 aliphatic rings. The average Bonchev–Trinajstić information content (AvgIpc) is 3.26. The van der Waals surface area contributed by atoms with Crippen LogP contribution in [0.5, 0.6) is 0 Å². The van der Waals surface area contributed by atoms with E-state index in [1.807, 2.05) is 6.07 Å². The molecule has 1 fully saturated rings. The Morgan fingerprint density at radius 1 is 1.19 bits per heavy atom. The van der Waals surface area contributed by atoms with Gasteiger partial charge in [-0.3, -0.25) is 10.1 Å². The van der Waals surface area contributed by atoms with Crippen LogP contribution in [0, 0.1) is 0 Å². The lowest BCUT2D eigenvalue weighted by molar-refractivity contribution is -0.115. The van der Waals surface area contributed by atoms with Crippen LogP contribution >= 0.6 is 23.8 Å². The monoisotopic (exact) mass is 479 g/mol. The summed E-state index contributed by atoms with van der Waals surface area (Å²) in [4.78, 5) is 12.2. The van der Waals surface area contributed by atoms with Crippen LogP contribution in [0.3, 0.4) is 0 Å². The van der Waals surface area contributed by atoms with E-state index in [0.717, 1.165) is 12.8 Å². The number of anilines is 1. The molecule has 0 spiro atoms. The molecule has 7 nitrogen and oxygen atoms in total. The highest BCUT2D eigenvalue weighted by Gasteiger charge is 2.20. The fourth-order valence-corrected chi connectivity index (χ4v) is 4.38. The average molecular weight is 480 g/mol. The zero-order chi connectivity index (χ0) is 22.3. The zero-order valence-corrected chi connectivity index (χ0v) is 18.9. The molecule has 0 bridgehead atoms. The standard InChI is InChI=1S/C21H22ClN3O4S2/c22-19-6-2-1-4-15(19)7-12-20(26)25-21(30)24-16-8-10-18(11-9-16)31(27,28)23-14-17-5-3-13-29-17/h1-2,4,6-12,17,23H,3,5,13-14H2,(H2,24,25,26,30)/b12-7+. The summed E-state index contributed by atoms with van der Waals surface area (Å²) in [5.41, 5.74) is 1.25. The van der Waals surface area contributed by atoms with Gasteiger partial charge in [-0.1, -0.05) is 29.8 Å². The van der Waals surface area contributed by atoms with Gasteiger partial charge >= 0.3 is 0 Å². The van der Waals surface area contributed by atoms with Crippen molar-refractivity contribution < 1.29 is 17.9 Å². The number of nitrogens with one attached hydrogen (secondary N) is 3. The summed E-state index contributed by atoms with van der Waals surface area (Å²) in [5, 5.41) is 5.98. The lowest BCUT2D eigenvalue weighted by Gasteiger charge is -2.12. The van der Waals surface area contributed by atoms with E-state index in [-0.39, 0.29) is 22.7 Å². The summed E-state index contributed by atoms with van der Waals surface area (Å²) in [6, 6.07) is 13.2. The molecular weight excluding hydrogens is 458 g/mol. The number of halogens is 1. The number of thiocarbonyl (C=S) groups is 1. The molecule has 3 N–H and O–H groups in total. The molecule has 0 radical (unpaired) electrons. The highest BCUT2D eigenvalue weighted by molar-refractivity contribution is 7.89. The van der Waals surface area contributed by atoms with Crippen molar-refractivity contribution in [3.8, 4) is 0 Å². The third kappa shape index (κ3) is 7.12. The van der Waals surface area contributed by atoms with Gasteiger partial charge in [-0.05, 0) is 67.0 Å². The fourth-order valence-electron chi connectivity index (χ4n) is 2.90. The van der Waals surface area contributed by atoms with Crippen LogP contribution in [0.2, 0.25) is 5.02 Å². The van der Waals surface area contributed by atoms with E-state index < -0.39 is 15.9 Å². The van der Waals surface area contributed by atoms with E-state index >= 15 is 0 Å². The lowest BCUT2D eigenvalue weighted by Crippen LogP contribution is -2.33. The van der Waals surface area contributed by atoms with E-state index in [1.165, 1.54) is 18.2 Å². The summed E-state index contributed by atoms with van der Waals surface area (Å²) >= 11 is 11.2. The van der Waals surface area contributed by atoms with Gasteiger partial charge in [-0.15, -0.1) is 0 Å². The molecular formula is C21H22ClN3O4S2. The van der Waals surface area contributed by atoms with Crippen LogP contribution in [0.25, 0.3) is 6.08 Å². The maximum absolute atomic E-state index is 12.4. The van der Waals surface area contributed by atoms with Gasteiger partial charge in [-0.2, -0.15) is 0 Å². The maximum atomic E-state index is 12.4. The first-order chi connectivity index (χ1) is 14.8. The minimum absolute atomic E-state index is 0.0799. The smallest absolute Gasteiger partial charge is 0.250 e. The number of rotatable bonds is 7. The maximum Gasteiger partial charge on any atom is 0.250 e.